The van der Waals surface area contributed by atoms with Gasteiger partial charge in [0.25, 0.3) is 0 Å². The molecule has 0 spiro atoms. The maximum atomic E-state index is 12.7. The number of Topliss-reactive ketones (excluding diaryl/α,β-unsaturated/α-hetero) is 1. The topological polar surface area (TPSA) is 122 Å². The number of methoxy groups -OCH3 is 1. The quantitative estimate of drug-likeness (QED) is 0.663. The number of allylic oxidation sites excluding steroid dienone is 2. The highest BCUT2D eigenvalue weighted by molar-refractivity contribution is 8.14. The van der Waals surface area contributed by atoms with Gasteiger partial charge in [-0.1, -0.05) is 23.9 Å². The Kier molecular flexibility index (Phi) is 6.75. The van der Waals surface area contributed by atoms with E-state index in [-0.39, 0.29) is 23.0 Å². The molecule has 1 N–H and O–H groups in total. The Bertz CT molecular complexity index is 1190. The fourth-order valence-corrected chi connectivity index (χ4v) is 4.95. The maximum Gasteiger partial charge on any atom is 0.339 e. The minimum Gasteiger partial charge on any atom is -0.469 e. The first-order valence-electron chi connectivity index (χ1n) is 10.4. The second-order valence-electron chi connectivity index (χ2n) is 7.56. The van der Waals surface area contributed by atoms with E-state index in [2.05, 4.69) is 16.4 Å². The number of hydrogen-bond donors (Lipinski definition) is 1. The van der Waals surface area contributed by atoms with Crippen molar-refractivity contribution in [1.82, 2.24) is 0 Å². The van der Waals surface area contributed by atoms with E-state index in [0.717, 1.165) is 11.8 Å². The first-order valence-corrected chi connectivity index (χ1v) is 11.4. The van der Waals surface area contributed by atoms with Crippen LogP contribution in [-0.2, 0) is 14.3 Å². The summed E-state index contributed by atoms with van der Waals surface area (Å²) in [4.78, 5) is 41.9. The van der Waals surface area contributed by atoms with Crippen LogP contribution in [0.15, 0.2) is 63.3 Å². The number of nitrogens with zero attached hydrogens (tertiary/aromatic N) is 2. The summed E-state index contributed by atoms with van der Waals surface area (Å²) >= 11 is 1.15. The fourth-order valence-electron chi connectivity index (χ4n) is 4.06. The van der Waals surface area contributed by atoms with Crippen LogP contribution in [0.1, 0.15) is 41.3 Å². The zero-order chi connectivity index (χ0) is 23.4. The van der Waals surface area contributed by atoms with E-state index in [9.17, 15) is 19.6 Å². The predicted molar refractivity (Wildman–Crippen MR) is 123 cm³/mol. The number of benzene rings is 1. The van der Waals surface area contributed by atoms with Crippen molar-refractivity contribution < 1.29 is 23.5 Å². The van der Waals surface area contributed by atoms with E-state index in [0.29, 0.717) is 47.0 Å². The van der Waals surface area contributed by atoms with Crippen LogP contribution in [0.4, 0.5) is 5.69 Å². The van der Waals surface area contributed by atoms with Crippen molar-refractivity contribution in [2.75, 3.05) is 18.2 Å². The van der Waals surface area contributed by atoms with Gasteiger partial charge in [-0.25, -0.2) is 9.79 Å². The zero-order valence-corrected chi connectivity index (χ0v) is 18.7. The van der Waals surface area contributed by atoms with E-state index >= 15 is 0 Å². The highest BCUT2D eigenvalue weighted by Gasteiger charge is 2.42. The van der Waals surface area contributed by atoms with Crippen molar-refractivity contribution in [2.45, 2.75) is 25.2 Å². The molecule has 8 nitrogen and oxygen atoms in total. The van der Waals surface area contributed by atoms with Crippen molar-refractivity contribution in [3.8, 4) is 6.07 Å². The summed E-state index contributed by atoms with van der Waals surface area (Å²) in [6.07, 6.45) is 3.28. The monoisotopic (exact) mass is 463 g/mol. The van der Waals surface area contributed by atoms with Gasteiger partial charge >= 0.3 is 5.97 Å². The van der Waals surface area contributed by atoms with E-state index in [4.69, 9.17) is 9.15 Å². The number of nitriles is 1. The first kappa shape index (κ1) is 22.6. The standard InChI is InChI=1S/C24H21N3O5S/c1-31-24(30)14-6-2-3-7-16(14)26-20(29)13-33-23-15(12-25)21(19-10-5-11-32-19)22-17(27-23)8-4-9-18(22)28/h2-3,5-7,10-11,15,21H,4,8-9,13H2,1H3,(H,26,29)/t15?,21-/m0/s1. The Morgan fingerprint density at radius 3 is 2.82 bits per heavy atom. The summed E-state index contributed by atoms with van der Waals surface area (Å²) < 4.78 is 10.3. The average Bonchev–Trinajstić information content (AvgIpc) is 3.36. The number of thioether (sulfide) groups is 1. The second kappa shape index (κ2) is 9.88. The zero-order valence-electron chi connectivity index (χ0n) is 17.9. The Morgan fingerprint density at radius 2 is 2.09 bits per heavy atom. The van der Waals surface area contributed by atoms with Gasteiger partial charge in [-0.05, 0) is 37.1 Å². The molecule has 1 aromatic carbocycles. The molecule has 9 heteroatoms. The van der Waals surface area contributed by atoms with Gasteiger partial charge in [0.05, 0.1) is 47.4 Å². The van der Waals surface area contributed by atoms with Crippen LogP contribution in [0, 0.1) is 17.2 Å². The molecule has 1 aliphatic heterocycles. The number of amides is 1. The lowest BCUT2D eigenvalue weighted by Gasteiger charge is -2.31. The molecule has 0 bridgehead atoms. The Morgan fingerprint density at radius 1 is 1.27 bits per heavy atom. The number of carbonyl (C=O) groups is 3. The molecular formula is C24H21N3O5S. The van der Waals surface area contributed by atoms with Crippen LogP contribution in [0.3, 0.4) is 0 Å². The third kappa shape index (κ3) is 4.61. The molecule has 4 rings (SSSR count). The SMILES string of the molecule is COC(=O)c1ccccc1NC(=O)CSC1=NC2=C(C(=O)CCC2)[C@H](c2ccco2)C1C#N. The number of para-hydroxylation sites is 1. The lowest BCUT2D eigenvalue weighted by Crippen LogP contribution is -2.31. The average molecular weight is 464 g/mol. The summed E-state index contributed by atoms with van der Waals surface area (Å²) in [6.45, 7) is 0. The Balaban J connectivity index is 1.56. The maximum absolute atomic E-state index is 12.7. The van der Waals surface area contributed by atoms with Crippen molar-refractivity contribution in [3.63, 3.8) is 0 Å². The largest absolute Gasteiger partial charge is 0.469 e. The molecule has 1 amide bonds. The van der Waals surface area contributed by atoms with E-state index in [1.165, 1.54) is 13.4 Å². The highest BCUT2D eigenvalue weighted by Crippen LogP contribution is 2.44. The molecule has 0 fully saturated rings. The number of furan rings is 1. The van der Waals surface area contributed by atoms with Gasteiger partial charge in [0.2, 0.25) is 5.91 Å². The fraction of sp³-hybridized carbons (Fsp3) is 0.292. The number of aliphatic imine (C=N–C) groups is 1. The number of rotatable bonds is 5. The van der Waals surface area contributed by atoms with Crippen LogP contribution >= 0.6 is 11.8 Å². The van der Waals surface area contributed by atoms with Crippen molar-refractivity contribution >= 4 is 40.2 Å². The highest BCUT2D eigenvalue weighted by atomic mass is 32.2. The molecule has 0 saturated heterocycles. The number of ether oxygens (including phenoxy) is 1. The summed E-state index contributed by atoms with van der Waals surface area (Å²) in [5.74, 6) is -1.69. The van der Waals surface area contributed by atoms with Gasteiger partial charge in [0.1, 0.15) is 11.7 Å². The molecule has 2 aromatic rings. The van der Waals surface area contributed by atoms with Gasteiger partial charge in [-0.2, -0.15) is 5.26 Å². The Hall–Kier alpha value is -3.64. The summed E-state index contributed by atoms with van der Waals surface area (Å²) in [6, 6.07) is 12.3. The van der Waals surface area contributed by atoms with Crippen LogP contribution in [0.25, 0.3) is 0 Å². The van der Waals surface area contributed by atoms with E-state index < -0.39 is 17.8 Å². The smallest absolute Gasteiger partial charge is 0.339 e. The van der Waals surface area contributed by atoms with Gasteiger partial charge in [-0.15, -0.1) is 0 Å². The summed E-state index contributed by atoms with van der Waals surface area (Å²) in [5.41, 5.74) is 1.80. The predicted octanol–water partition coefficient (Wildman–Crippen LogP) is 4.08. The van der Waals surface area contributed by atoms with Crippen molar-refractivity contribution in [1.29, 1.82) is 5.26 Å². The number of carbonyl (C=O) groups excluding carboxylic acids is 3. The molecule has 0 radical (unpaired) electrons. The Labute approximate surface area is 194 Å². The van der Waals surface area contributed by atoms with E-state index in [1.807, 2.05) is 0 Å². The lowest BCUT2D eigenvalue weighted by molar-refractivity contribution is -0.116. The van der Waals surface area contributed by atoms with Crippen LogP contribution < -0.4 is 5.32 Å². The third-order valence-electron chi connectivity index (χ3n) is 5.53. The third-order valence-corrected chi connectivity index (χ3v) is 6.58. The van der Waals surface area contributed by atoms with Crippen LogP contribution in [-0.4, -0.2) is 35.6 Å². The van der Waals surface area contributed by atoms with Gasteiger partial charge < -0.3 is 14.5 Å². The normalized spacial score (nSPS) is 19.9. The molecule has 1 unspecified atom stereocenters. The molecule has 2 heterocycles. The van der Waals surface area contributed by atoms with Gasteiger partial charge in [0, 0.05) is 17.7 Å². The molecule has 2 aliphatic rings. The number of nitrogens with one attached hydrogen (secondary N) is 1. The van der Waals surface area contributed by atoms with Gasteiger partial charge in [-0.3, -0.25) is 9.59 Å². The number of anilines is 1. The molecule has 1 aromatic heterocycles. The molecule has 1 aliphatic carbocycles. The van der Waals surface area contributed by atoms with Crippen LogP contribution in [0.2, 0.25) is 0 Å². The molecule has 33 heavy (non-hydrogen) atoms. The molecular weight excluding hydrogens is 442 g/mol. The molecule has 0 saturated carbocycles. The minimum atomic E-state index is -0.739. The minimum absolute atomic E-state index is 0.0112. The summed E-state index contributed by atoms with van der Waals surface area (Å²) in [7, 11) is 1.27. The van der Waals surface area contributed by atoms with Gasteiger partial charge in [0.15, 0.2) is 5.78 Å². The van der Waals surface area contributed by atoms with Crippen molar-refractivity contribution in [3.05, 3.63) is 65.3 Å². The lowest BCUT2D eigenvalue weighted by atomic mass is 9.76. The summed E-state index contributed by atoms with van der Waals surface area (Å²) in [5, 5.41) is 13.2. The number of ketones is 1. The van der Waals surface area contributed by atoms with Crippen molar-refractivity contribution in [2.24, 2.45) is 10.9 Å². The molecule has 2 atom stereocenters. The number of esters is 1. The molecule has 168 valence electrons. The number of hydrogen-bond acceptors (Lipinski definition) is 8. The second-order valence-corrected chi connectivity index (χ2v) is 8.56. The van der Waals surface area contributed by atoms with Crippen LogP contribution in [0.5, 0.6) is 0 Å². The first-order chi connectivity index (χ1) is 16.0. The van der Waals surface area contributed by atoms with E-state index in [1.54, 1.807) is 36.4 Å².